The number of halogens is 1. The fourth-order valence-corrected chi connectivity index (χ4v) is 2.76. The molecular weight excluding hydrogens is 392 g/mol. The van der Waals surface area contributed by atoms with Crippen LogP contribution >= 0.6 is 28.1 Å². The Labute approximate surface area is 153 Å². The number of ether oxygens (including phenoxy) is 1. The normalized spacial score (nSPS) is 15.9. The van der Waals surface area contributed by atoms with Crippen molar-refractivity contribution in [2.45, 2.75) is 0 Å². The average Bonchev–Trinajstić information content (AvgIpc) is 2.54. The minimum atomic E-state index is -0.533. The Morgan fingerprint density at radius 3 is 2.83 bits per heavy atom. The van der Waals surface area contributed by atoms with Crippen molar-refractivity contribution in [3.05, 3.63) is 46.5 Å². The van der Waals surface area contributed by atoms with Gasteiger partial charge in [0, 0.05) is 6.54 Å². The van der Waals surface area contributed by atoms with Crippen molar-refractivity contribution in [3.8, 4) is 18.1 Å². The molecule has 1 heterocycles. The zero-order chi connectivity index (χ0) is 17.7. The zero-order valence-electron chi connectivity index (χ0n) is 12.5. The maximum Gasteiger partial charge on any atom is 0.265 e. The van der Waals surface area contributed by atoms with E-state index in [-0.39, 0.29) is 23.8 Å². The molecule has 1 aliphatic heterocycles. The molecule has 0 saturated carbocycles. The van der Waals surface area contributed by atoms with Crippen LogP contribution in [0.4, 0.5) is 0 Å². The summed E-state index contributed by atoms with van der Waals surface area (Å²) < 4.78 is 6.01. The van der Waals surface area contributed by atoms with Crippen LogP contribution in [0.2, 0.25) is 0 Å². The topological polar surface area (TPSA) is 58.6 Å². The summed E-state index contributed by atoms with van der Waals surface area (Å²) >= 11 is 8.37. The highest BCUT2D eigenvalue weighted by molar-refractivity contribution is 9.10. The van der Waals surface area contributed by atoms with Crippen molar-refractivity contribution in [1.29, 1.82) is 0 Å². The smallest absolute Gasteiger partial charge is 0.265 e. The SMILES string of the molecule is C#CCOc1ccc(/C=C2\C(=O)NC(=S)N(CC=C)C2=O)cc1Br. The predicted octanol–water partition coefficient (Wildman–Crippen LogP) is 2.27. The maximum atomic E-state index is 12.4. The zero-order valence-corrected chi connectivity index (χ0v) is 14.9. The van der Waals surface area contributed by atoms with Crippen molar-refractivity contribution in [2.24, 2.45) is 0 Å². The van der Waals surface area contributed by atoms with Crippen LogP contribution in [0.3, 0.4) is 0 Å². The first kappa shape index (κ1) is 17.9. The first-order chi connectivity index (χ1) is 11.5. The predicted molar refractivity (Wildman–Crippen MR) is 99.1 cm³/mol. The van der Waals surface area contributed by atoms with E-state index in [0.29, 0.717) is 15.8 Å². The van der Waals surface area contributed by atoms with Gasteiger partial charge in [-0.2, -0.15) is 0 Å². The summed E-state index contributed by atoms with van der Waals surface area (Å²) in [5.74, 6) is 1.95. The quantitative estimate of drug-likeness (QED) is 0.269. The first-order valence-electron chi connectivity index (χ1n) is 6.83. The van der Waals surface area contributed by atoms with Crippen molar-refractivity contribution >= 4 is 51.2 Å². The highest BCUT2D eigenvalue weighted by atomic mass is 79.9. The maximum absolute atomic E-state index is 12.4. The summed E-state index contributed by atoms with van der Waals surface area (Å²) in [6, 6.07) is 5.14. The molecule has 122 valence electrons. The van der Waals surface area contributed by atoms with Gasteiger partial charge in [-0.1, -0.05) is 18.1 Å². The number of nitrogens with zero attached hydrogens (tertiary/aromatic N) is 1. The standard InChI is InChI=1S/C17H13BrN2O3S/c1-3-7-20-16(22)12(15(21)19-17(20)24)9-11-5-6-14(13(18)10-11)23-8-4-2/h2-3,5-6,9-10H,1,7-8H2,(H,19,21,24)/b12-9+. The molecule has 7 heteroatoms. The number of nitrogens with one attached hydrogen (secondary N) is 1. The van der Waals surface area contributed by atoms with Crippen LogP contribution in [0.5, 0.6) is 5.75 Å². The second-order valence-electron chi connectivity index (χ2n) is 4.70. The number of carbonyl (C=O) groups excluding carboxylic acids is 2. The van der Waals surface area contributed by atoms with Crippen LogP contribution in [0.15, 0.2) is 40.9 Å². The van der Waals surface area contributed by atoms with Gasteiger partial charge in [-0.3, -0.25) is 19.8 Å². The lowest BCUT2D eigenvalue weighted by Gasteiger charge is -2.27. The molecule has 0 radical (unpaired) electrons. The van der Waals surface area contributed by atoms with Gasteiger partial charge in [0.2, 0.25) is 0 Å². The number of terminal acetylenes is 1. The van der Waals surface area contributed by atoms with Crippen LogP contribution in [-0.2, 0) is 9.59 Å². The Kier molecular flexibility index (Phi) is 5.90. The number of hydrogen-bond acceptors (Lipinski definition) is 4. The van der Waals surface area contributed by atoms with Crippen LogP contribution in [0.25, 0.3) is 6.08 Å². The molecule has 5 nitrogen and oxygen atoms in total. The molecule has 1 saturated heterocycles. The van der Waals surface area contributed by atoms with Crippen molar-refractivity contribution < 1.29 is 14.3 Å². The summed E-state index contributed by atoms with van der Waals surface area (Å²) in [4.78, 5) is 25.8. The van der Waals surface area contributed by atoms with E-state index in [0.717, 1.165) is 0 Å². The number of benzene rings is 1. The minimum absolute atomic E-state index is 0.00496. The fourth-order valence-electron chi connectivity index (χ4n) is 2.00. The van der Waals surface area contributed by atoms with Gasteiger partial charge in [-0.25, -0.2) is 0 Å². The molecule has 1 aliphatic rings. The second kappa shape index (κ2) is 7.90. The van der Waals surface area contributed by atoms with Crippen LogP contribution in [0.1, 0.15) is 5.56 Å². The Hall–Kier alpha value is -2.43. The molecule has 0 unspecified atom stereocenters. The van der Waals surface area contributed by atoms with E-state index in [1.54, 1.807) is 18.2 Å². The number of rotatable bonds is 5. The van der Waals surface area contributed by atoms with E-state index >= 15 is 0 Å². The van der Waals surface area contributed by atoms with Crippen LogP contribution in [0, 0.1) is 12.3 Å². The van der Waals surface area contributed by atoms with Crippen LogP contribution in [-0.4, -0.2) is 35.0 Å². The van der Waals surface area contributed by atoms with Gasteiger partial charge in [0.25, 0.3) is 11.8 Å². The monoisotopic (exact) mass is 404 g/mol. The molecule has 1 fully saturated rings. The Morgan fingerprint density at radius 1 is 1.46 bits per heavy atom. The first-order valence-corrected chi connectivity index (χ1v) is 8.03. The molecule has 2 rings (SSSR count). The van der Waals surface area contributed by atoms with Crippen molar-refractivity contribution in [3.63, 3.8) is 0 Å². The molecule has 1 aromatic rings. The highest BCUT2D eigenvalue weighted by Crippen LogP contribution is 2.27. The Bertz CT molecular complexity index is 796. The second-order valence-corrected chi connectivity index (χ2v) is 5.95. The third kappa shape index (κ3) is 3.91. The van der Waals surface area contributed by atoms with Gasteiger partial charge in [0.1, 0.15) is 17.9 Å². The fraction of sp³-hybridized carbons (Fsp3) is 0.118. The minimum Gasteiger partial charge on any atom is -0.480 e. The van der Waals surface area contributed by atoms with E-state index in [1.165, 1.54) is 17.1 Å². The number of hydrogen-bond donors (Lipinski definition) is 1. The largest absolute Gasteiger partial charge is 0.480 e. The molecule has 2 amide bonds. The summed E-state index contributed by atoms with van der Waals surface area (Å²) in [6.07, 6.45) is 8.18. The lowest BCUT2D eigenvalue weighted by molar-refractivity contribution is -0.128. The van der Waals surface area contributed by atoms with Crippen molar-refractivity contribution in [2.75, 3.05) is 13.2 Å². The summed E-state index contributed by atoms with van der Waals surface area (Å²) in [5.41, 5.74) is 0.648. The van der Waals surface area contributed by atoms with E-state index < -0.39 is 11.8 Å². The third-order valence-electron chi connectivity index (χ3n) is 3.08. The van der Waals surface area contributed by atoms with Gasteiger partial charge >= 0.3 is 0 Å². The van der Waals surface area contributed by atoms with E-state index in [1.807, 2.05) is 0 Å². The number of amides is 2. The molecule has 24 heavy (non-hydrogen) atoms. The molecular formula is C17H13BrN2O3S. The molecule has 0 spiro atoms. The lowest BCUT2D eigenvalue weighted by Crippen LogP contribution is -2.53. The Balaban J connectivity index is 2.32. The average molecular weight is 405 g/mol. The van der Waals surface area contributed by atoms with Crippen molar-refractivity contribution in [1.82, 2.24) is 10.2 Å². The van der Waals surface area contributed by atoms with Crippen LogP contribution < -0.4 is 10.1 Å². The number of thiocarbonyl (C=S) groups is 1. The van der Waals surface area contributed by atoms with E-state index in [4.69, 9.17) is 23.4 Å². The summed E-state index contributed by atoms with van der Waals surface area (Å²) in [5, 5.41) is 2.56. The summed E-state index contributed by atoms with van der Waals surface area (Å²) in [7, 11) is 0. The van der Waals surface area contributed by atoms with Gasteiger partial charge in [0.05, 0.1) is 4.47 Å². The molecule has 0 aromatic heterocycles. The van der Waals surface area contributed by atoms with E-state index in [9.17, 15) is 9.59 Å². The molecule has 0 bridgehead atoms. The Morgan fingerprint density at radius 2 is 2.21 bits per heavy atom. The summed E-state index contributed by atoms with van der Waals surface area (Å²) in [6.45, 7) is 3.94. The third-order valence-corrected chi connectivity index (χ3v) is 4.02. The molecule has 1 N–H and O–H groups in total. The lowest BCUT2D eigenvalue weighted by atomic mass is 10.1. The highest BCUT2D eigenvalue weighted by Gasteiger charge is 2.32. The van der Waals surface area contributed by atoms with E-state index in [2.05, 4.69) is 33.7 Å². The van der Waals surface area contributed by atoms with Gasteiger partial charge in [0.15, 0.2) is 5.11 Å². The van der Waals surface area contributed by atoms with Gasteiger partial charge in [-0.05, 0) is 51.9 Å². The molecule has 0 atom stereocenters. The molecule has 0 aliphatic carbocycles. The number of carbonyl (C=O) groups is 2. The molecule has 1 aromatic carbocycles. The van der Waals surface area contributed by atoms with Gasteiger partial charge in [-0.15, -0.1) is 13.0 Å². The van der Waals surface area contributed by atoms with Gasteiger partial charge < -0.3 is 4.74 Å².